The molecule has 2 fully saturated rings. The lowest BCUT2D eigenvalue weighted by molar-refractivity contribution is 0.0856. The van der Waals surface area contributed by atoms with Gasteiger partial charge in [0.05, 0.1) is 5.71 Å². The molecule has 1 aromatic rings. The van der Waals surface area contributed by atoms with E-state index in [1.165, 1.54) is 75.7 Å². The maximum absolute atomic E-state index is 5.80. The van der Waals surface area contributed by atoms with Crippen LogP contribution in [0.4, 0.5) is 0 Å². The van der Waals surface area contributed by atoms with Crippen LogP contribution in [0.5, 0.6) is 0 Å². The van der Waals surface area contributed by atoms with Crippen LogP contribution in [0.25, 0.3) is 0 Å². The highest BCUT2D eigenvalue weighted by Crippen LogP contribution is 2.38. The van der Waals surface area contributed by atoms with Gasteiger partial charge in [-0.25, -0.2) is 0 Å². The Labute approximate surface area is 152 Å². The lowest BCUT2D eigenvalue weighted by atomic mass is 9.74. The standard InChI is InChI=1S/C22H32N2O/c1-2-8-20(9-3-1)22-16-21(24-25-22)19-7-5-4-6-17(10-11-19)18-12-14-23-15-13-18/h1-3,8-9,17-19,22-23H,4-7,10-16H2. The molecule has 3 unspecified atom stereocenters. The third-order valence-corrected chi connectivity index (χ3v) is 6.65. The van der Waals surface area contributed by atoms with Gasteiger partial charge >= 0.3 is 0 Å². The summed E-state index contributed by atoms with van der Waals surface area (Å²) in [5.41, 5.74) is 2.60. The zero-order valence-corrected chi connectivity index (χ0v) is 15.3. The molecule has 0 aromatic heterocycles. The highest BCUT2D eigenvalue weighted by molar-refractivity contribution is 5.87. The smallest absolute Gasteiger partial charge is 0.157 e. The van der Waals surface area contributed by atoms with Crippen LogP contribution >= 0.6 is 0 Å². The van der Waals surface area contributed by atoms with Gasteiger partial charge < -0.3 is 10.2 Å². The summed E-state index contributed by atoms with van der Waals surface area (Å²) in [7, 11) is 0. The van der Waals surface area contributed by atoms with Crippen molar-refractivity contribution in [3.8, 4) is 0 Å². The molecule has 1 aliphatic carbocycles. The van der Waals surface area contributed by atoms with Crippen LogP contribution in [0.15, 0.2) is 35.5 Å². The normalized spacial score (nSPS) is 31.7. The fourth-order valence-electron chi connectivity index (χ4n) is 5.10. The molecular weight excluding hydrogens is 308 g/mol. The average Bonchev–Trinajstić information content (AvgIpc) is 3.13. The molecular formula is C22H32N2O. The number of piperidine rings is 1. The van der Waals surface area contributed by atoms with Crippen molar-refractivity contribution in [2.45, 2.75) is 63.9 Å². The quantitative estimate of drug-likeness (QED) is 0.831. The summed E-state index contributed by atoms with van der Waals surface area (Å²) in [6.07, 6.45) is 12.1. The minimum absolute atomic E-state index is 0.141. The van der Waals surface area contributed by atoms with E-state index in [1.54, 1.807) is 0 Å². The lowest BCUT2D eigenvalue weighted by Crippen LogP contribution is -2.32. The van der Waals surface area contributed by atoms with Gasteiger partial charge in [0.25, 0.3) is 0 Å². The van der Waals surface area contributed by atoms with E-state index in [2.05, 4.69) is 40.8 Å². The van der Waals surface area contributed by atoms with Gasteiger partial charge in [-0.1, -0.05) is 54.8 Å². The Morgan fingerprint density at radius 2 is 1.60 bits per heavy atom. The van der Waals surface area contributed by atoms with Gasteiger partial charge in [-0.3, -0.25) is 0 Å². The summed E-state index contributed by atoms with van der Waals surface area (Å²) in [6.45, 7) is 2.45. The molecule has 1 saturated carbocycles. The van der Waals surface area contributed by atoms with E-state index >= 15 is 0 Å². The number of benzene rings is 1. The summed E-state index contributed by atoms with van der Waals surface area (Å²) in [5, 5.41) is 8.05. The van der Waals surface area contributed by atoms with Gasteiger partial charge in [0.2, 0.25) is 0 Å². The second-order valence-electron chi connectivity index (χ2n) is 8.20. The fourth-order valence-corrected chi connectivity index (χ4v) is 5.10. The number of hydrogen-bond donors (Lipinski definition) is 1. The molecule has 4 rings (SSSR count). The molecule has 0 bridgehead atoms. The van der Waals surface area contributed by atoms with Crippen LogP contribution in [0.3, 0.4) is 0 Å². The van der Waals surface area contributed by atoms with Gasteiger partial charge in [0.1, 0.15) is 0 Å². The van der Waals surface area contributed by atoms with Crippen LogP contribution in [-0.2, 0) is 4.84 Å². The molecule has 1 aromatic carbocycles. The van der Waals surface area contributed by atoms with E-state index in [-0.39, 0.29) is 6.10 Å². The minimum Gasteiger partial charge on any atom is -0.387 e. The largest absolute Gasteiger partial charge is 0.387 e. The number of nitrogens with one attached hydrogen (secondary N) is 1. The zero-order valence-electron chi connectivity index (χ0n) is 15.3. The Balaban J connectivity index is 1.34. The number of nitrogens with zero attached hydrogens (tertiary/aromatic N) is 1. The maximum atomic E-state index is 5.80. The Morgan fingerprint density at radius 1 is 0.840 bits per heavy atom. The summed E-state index contributed by atoms with van der Waals surface area (Å²) >= 11 is 0. The van der Waals surface area contributed by atoms with Crippen molar-refractivity contribution in [3.05, 3.63) is 35.9 Å². The van der Waals surface area contributed by atoms with Crippen LogP contribution in [-0.4, -0.2) is 18.8 Å². The zero-order chi connectivity index (χ0) is 16.9. The predicted molar refractivity (Wildman–Crippen MR) is 103 cm³/mol. The van der Waals surface area contributed by atoms with E-state index in [1.807, 2.05) is 0 Å². The van der Waals surface area contributed by atoms with E-state index in [9.17, 15) is 0 Å². The SMILES string of the molecule is c1ccc(C2CC(C3CCCCC(C4CCNCC4)CC3)=NO2)cc1. The first-order chi connectivity index (χ1) is 12.4. The highest BCUT2D eigenvalue weighted by atomic mass is 16.6. The second-order valence-corrected chi connectivity index (χ2v) is 8.20. The predicted octanol–water partition coefficient (Wildman–Crippen LogP) is 5.09. The van der Waals surface area contributed by atoms with Crippen LogP contribution in [0, 0.1) is 17.8 Å². The molecule has 136 valence electrons. The molecule has 3 nitrogen and oxygen atoms in total. The van der Waals surface area contributed by atoms with Crippen molar-refractivity contribution in [1.29, 1.82) is 0 Å². The average molecular weight is 341 g/mol. The van der Waals surface area contributed by atoms with Crippen molar-refractivity contribution >= 4 is 5.71 Å². The van der Waals surface area contributed by atoms with E-state index in [0.29, 0.717) is 5.92 Å². The second kappa shape index (κ2) is 8.35. The minimum atomic E-state index is 0.141. The van der Waals surface area contributed by atoms with E-state index in [4.69, 9.17) is 4.84 Å². The van der Waals surface area contributed by atoms with E-state index < -0.39 is 0 Å². The van der Waals surface area contributed by atoms with Crippen LogP contribution in [0.1, 0.15) is 69.5 Å². The van der Waals surface area contributed by atoms with Crippen molar-refractivity contribution in [2.75, 3.05) is 13.1 Å². The fraction of sp³-hybridized carbons (Fsp3) is 0.682. The Bertz CT molecular complexity index is 565. The topological polar surface area (TPSA) is 33.6 Å². The monoisotopic (exact) mass is 340 g/mol. The Morgan fingerprint density at radius 3 is 2.44 bits per heavy atom. The van der Waals surface area contributed by atoms with Gasteiger partial charge in [-0.2, -0.15) is 0 Å². The maximum Gasteiger partial charge on any atom is 0.157 e. The molecule has 0 spiro atoms. The van der Waals surface area contributed by atoms with Crippen molar-refractivity contribution < 1.29 is 4.84 Å². The Kier molecular flexibility index (Phi) is 5.71. The highest BCUT2D eigenvalue weighted by Gasteiger charge is 2.31. The molecule has 1 saturated heterocycles. The summed E-state index contributed by atoms with van der Waals surface area (Å²) in [6, 6.07) is 10.6. The molecule has 3 heteroatoms. The van der Waals surface area contributed by atoms with Crippen molar-refractivity contribution in [2.24, 2.45) is 22.9 Å². The first-order valence-corrected chi connectivity index (χ1v) is 10.4. The molecule has 3 aliphatic rings. The van der Waals surface area contributed by atoms with Crippen LogP contribution < -0.4 is 5.32 Å². The van der Waals surface area contributed by atoms with Crippen molar-refractivity contribution in [3.63, 3.8) is 0 Å². The van der Waals surface area contributed by atoms with E-state index in [0.717, 1.165) is 18.3 Å². The molecule has 25 heavy (non-hydrogen) atoms. The number of rotatable bonds is 3. The first-order valence-electron chi connectivity index (χ1n) is 10.4. The molecule has 2 heterocycles. The summed E-state index contributed by atoms with van der Waals surface area (Å²) < 4.78 is 0. The van der Waals surface area contributed by atoms with Gasteiger partial charge in [-0.15, -0.1) is 0 Å². The third kappa shape index (κ3) is 4.25. The number of oxime groups is 1. The molecule has 0 amide bonds. The van der Waals surface area contributed by atoms with Gasteiger partial charge in [0, 0.05) is 12.3 Å². The molecule has 2 aliphatic heterocycles. The Hall–Kier alpha value is -1.35. The van der Waals surface area contributed by atoms with Gasteiger partial charge in [0.15, 0.2) is 6.10 Å². The van der Waals surface area contributed by atoms with Gasteiger partial charge in [-0.05, 0) is 62.6 Å². The first kappa shape index (κ1) is 17.1. The summed E-state index contributed by atoms with van der Waals surface area (Å²) in [4.78, 5) is 5.80. The van der Waals surface area contributed by atoms with Crippen molar-refractivity contribution in [1.82, 2.24) is 5.32 Å². The lowest BCUT2D eigenvalue weighted by Gasteiger charge is -2.33. The number of hydrogen-bond acceptors (Lipinski definition) is 3. The third-order valence-electron chi connectivity index (χ3n) is 6.65. The molecule has 1 N–H and O–H groups in total. The molecule has 3 atom stereocenters. The summed E-state index contributed by atoms with van der Waals surface area (Å²) in [5.74, 6) is 2.55. The molecule has 0 radical (unpaired) electrons. The van der Waals surface area contributed by atoms with Crippen LogP contribution in [0.2, 0.25) is 0 Å².